The summed E-state index contributed by atoms with van der Waals surface area (Å²) in [4.78, 5) is 12.4. The van der Waals surface area contributed by atoms with Gasteiger partial charge in [-0.25, -0.2) is 0 Å². The third kappa shape index (κ3) is 3.75. The molecular formula is C17H32N2O. The summed E-state index contributed by atoms with van der Waals surface area (Å²) < 4.78 is 0. The summed E-state index contributed by atoms with van der Waals surface area (Å²) in [5.41, 5.74) is 6.04. The largest absolute Gasteiger partial charge is 0.354 e. The van der Waals surface area contributed by atoms with E-state index >= 15 is 0 Å². The molecule has 0 saturated heterocycles. The lowest BCUT2D eigenvalue weighted by Gasteiger charge is -2.39. The van der Waals surface area contributed by atoms with Gasteiger partial charge in [-0.2, -0.15) is 0 Å². The molecule has 3 N–H and O–H groups in total. The molecule has 0 heterocycles. The normalized spacial score (nSPS) is 30.6. The minimum Gasteiger partial charge on any atom is -0.354 e. The van der Waals surface area contributed by atoms with E-state index in [9.17, 15) is 4.79 Å². The zero-order chi connectivity index (χ0) is 14.6. The van der Waals surface area contributed by atoms with E-state index in [-0.39, 0.29) is 17.4 Å². The predicted molar refractivity (Wildman–Crippen MR) is 83.3 cm³/mol. The summed E-state index contributed by atoms with van der Waals surface area (Å²) in [7, 11) is 0. The first-order valence-corrected chi connectivity index (χ1v) is 8.64. The van der Waals surface area contributed by atoms with E-state index in [0.717, 1.165) is 37.5 Å². The molecule has 0 aliphatic heterocycles. The van der Waals surface area contributed by atoms with Gasteiger partial charge in [-0.15, -0.1) is 0 Å². The van der Waals surface area contributed by atoms with Crippen LogP contribution in [-0.2, 0) is 4.79 Å². The first kappa shape index (κ1) is 15.8. The van der Waals surface area contributed by atoms with Crippen molar-refractivity contribution in [2.24, 2.45) is 23.5 Å². The van der Waals surface area contributed by atoms with E-state index in [1.165, 1.54) is 32.1 Å². The summed E-state index contributed by atoms with van der Waals surface area (Å²) in [6, 6.07) is 0. The van der Waals surface area contributed by atoms with Gasteiger partial charge in [-0.3, -0.25) is 4.79 Å². The molecule has 2 fully saturated rings. The van der Waals surface area contributed by atoms with Crippen LogP contribution in [0.2, 0.25) is 0 Å². The quantitative estimate of drug-likeness (QED) is 0.812. The Morgan fingerprint density at radius 2 is 1.75 bits per heavy atom. The summed E-state index contributed by atoms with van der Waals surface area (Å²) in [6.07, 6.45) is 10.8. The Labute approximate surface area is 124 Å². The molecule has 0 aromatic carbocycles. The van der Waals surface area contributed by atoms with Gasteiger partial charge in [-0.1, -0.05) is 39.5 Å². The molecule has 0 spiro atoms. The predicted octanol–water partition coefficient (Wildman–Crippen LogP) is 3.23. The maximum absolute atomic E-state index is 12.4. The Morgan fingerprint density at radius 1 is 1.10 bits per heavy atom. The molecule has 0 aromatic heterocycles. The van der Waals surface area contributed by atoms with Gasteiger partial charge in [0.2, 0.25) is 5.91 Å². The van der Waals surface area contributed by atoms with Gasteiger partial charge < -0.3 is 11.1 Å². The number of carbonyl (C=O) groups is 1. The highest BCUT2D eigenvalue weighted by atomic mass is 16.1. The lowest BCUT2D eigenvalue weighted by molar-refractivity contribution is -0.127. The van der Waals surface area contributed by atoms with Gasteiger partial charge in [0.15, 0.2) is 0 Å². The first-order chi connectivity index (χ1) is 9.58. The van der Waals surface area contributed by atoms with E-state index in [2.05, 4.69) is 19.2 Å². The second-order valence-electron chi connectivity index (χ2n) is 7.10. The molecular weight excluding hydrogens is 248 g/mol. The van der Waals surface area contributed by atoms with Crippen molar-refractivity contribution in [1.29, 1.82) is 0 Å². The van der Waals surface area contributed by atoms with Crippen LogP contribution in [0.15, 0.2) is 0 Å². The summed E-state index contributed by atoms with van der Waals surface area (Å²) in [6.45, 7) is 4.83. The van der Waals surface area contributed by atoms with Gasteiger partial charge in [0.05, 0.1) is 0 Å². The van der Waals surface area contributed by atoms with Crippen LogP contribution in [0.25, 0.3) is 0 Å². The molecule has 3 nitrogen and oxygen atoms in total. The fourth-order valence-corrected chi connectivity index (χ4v) is 4.02. The maximum atomic E-state index is 12.4. The standard InChI is InChI=1S/C17H32N2O/c1-3-17(18,4-2)12-19-16(20)15-10-9-13-7-5-6-8-14(13)11-15/h13-15H,3-12,18H2,1-2H3,(H,19,20). The van der Waals surface area contributed by atoms with Crippen LogP contribution < -0.4 is 11.1 Å². The molecule has 2 aliphatic carbocycles. The third-order valence-electron chi connectivity index (χ3n) is 5.93. The van der Waals surface area contributed by atoms with Crippen LogP contribution >= 0.6 is 0 Å². The van der Waals surface area contributed by atoms with E-state index in [0.29, 0.717) is 6.54 Å². The van der Waals surface area contributed by atoms with Crippen molar-refractivity contribution >= 4 is 5.91 Å². The van der Waals surface area contributed by atoms with Crippen molar-refractivity contribution in [3.05, 3.63) is 0 Å². The third-order valence-corrected chi connectivity index (χ3v) is 5.93. The number of amides is 1. The highest BCUT2D eigenvalue weighted by Gasteiger charge is 2.35. The van der Waals surface area contributed by atoms with Gasteiger partial charge in [-0.05, 0) is 43.9 Å². The lowest BCUT2D eigenvalue weighted by Crippen LogP contribution is -2.50. The molecule has 2 rings (SSSR count). The van der Waals surface area contributed by atoms with Crippen molar-refractivity contribution < 1.29 is 4.79 Å². The number of nitrogens with two attached hydrogens (primary N) is 1. The molecule has 116 valence electrons. The topological polar surface area (TPSA) is 55.1 Å². The zero-order valence-electron chi connectivity index (χ0n) is 13.3. The van der Waals surface area contributed by atoms with Crippen molar-refractivity contribution in [3.8, 4) is 0 Å². The number of rotatable bonds is 5. The van der Waals surface area contributed by atoms with E-state index in [1.807, 2.05) is 0 Å². The molecule has 0 aromatic rings. The van der Waals surface area contributed by atoms with E-state index in [1.54, 1.807) is 0 Å². The zero-order valence-corrected chi connectivity index (χ0v) is 13.3. The SMILES string of the molecule is CCC(N)(CC)CNC(=O)C1CCC2CCCCC2C1. The molecule has 3 atom stereocenters. The molecule has 20 heavy (non-hydrogen) atoms. The Hall–Kier alpha value is -0.570. The highest BCUT2D eigenvalue weighted by molar-refractivity contribution is 5.78. The molecule has 3 unspecified atom stereocenters. The molecule has 2 aliphatic rings. The van der Waals surface area contributed by atoms with Crippen molar-refractivity contribution in [1.82, 2.24) is 5.32 Å². The van der Waals surface area contributed by atoms with E-state index < -0.39 is 0 Å². The van der Waals surface area contributed by atoms with Gasteiger partial charge >= 0.3 is 0 Å². The molecule has 0 bridgehead atoms. The van der Waals surface area contributed by atoms with Crippen LogP contribution in [-0.4, -0.2) is 18.0 Å². The molecule has 1 amide bonds. The van der Waals surface area contributed by atoms with Gasteiger partial charge in [0.25, 0.3) is 0 Å². The Balaban J connectivity index is 1.81. The average molecular weight is 280 g/mol. The van der Waals surface area contributed by atoms with Crippen LogP contribution in [0.1, 0.15) is 71.6 Å². The first-order valence-electron chi connectivity index (χ1n) is 8.64. The summed E-state index contributed by atoms with van der Waals surface area (Å²) in [5.74, 6) is 2.22. The van der Waals surface area contributed by atoms with E-state index in [4.69, 9.17) is 5.73 Å². The number of hydrogen-bond donors (Lipinski definition) is 2. The second-order valence-corrected chi connectivity index (χ2v) is 7.10. The fourth-order valence-electron chi connectivity index (χ4n) is 4.02. The number of fused-ring (bicyclic) bond motifs is 1. The van der Waals surface area contributed by atoms with Crippen molar-refractivity contribution in [3.63, 3.8) is 0 Å². The Kier molecular flexibility index (Phi) is 5.48. The number of hydrogen-bond acceptors (Lipinski definition) is 2. The number of nitrogens with one attached hydrogen (secondary N) is 1. The van der Waals surface area contributed by atoms with Gasteiger partial charge in [0, 0.05) is 18.0 Å². The minimum absolute atomic E-state index is 0.225. The van der Waals surface area contributed by atoms with Crippen LogP contribution in [0.4, 0.5) is 0 Å². The molecule has 0 radical (unpaired) electrons. The Morgan fingerprint density at radius 3 is 2.40 bits per heavy atom. The smallest absolute Gasteiger partial charge is 0.223 e. The fraction of sp³-hybridized carbons (Fsp3) is 0.941. The van der Waals surface area contributed by atoms with Crippen molar-refractivity contribution in [2.75, 3.05) is 6.54 Å². The lowest BCUT2D eigenvalue weighted by atomic mass is 9.67. The van der Waals surface area contributed by atoms with Crippen LogP contribution in [0.3, 0.4) is 0 Å². The minimum atomic E-state index is -0.225. The summed E-state index contributed by atoms with van der Waals surface area (Å²) in [5, 5.41) is 3.13. The van der Waals surface area contributed by atoms with Crippen molar-refractivity contribution in [2.45, 2.75) is 77.2 Å². The van der Waals surface area contributed by atoms with Crippen LogP contribution in [0, 0.1) is 17.8 Å². The Bertz CT molecular complexity index is 325. The molecule has 3 heteroatoms. The molecule has 2 saturated carbocycles. The summed E-state index contributed by atoms with van der Waals surface area (Å²) >= 11 is 0. The monoisotopic (exact) mass is 280 g/mol. The second kappa shape index (κ2) is 6.93. The average Bonchev–Trinajstić information content (AvgIpc) is 2.51. The van der Waals surface area contributed by atoms with Crippen LogP contribution in [0.5, 0.6) is 0 Å². The van der Waals surface area contributed by atoms with Gasteiger partial charge in [0.1, 0.15) is 0 Å². The number of carbonyl (C=O) groups excluding carboxylic acids is 1. The highest BCUT2D eigenvalue weighted by Crippen LogP contribution is 2.42. The maximum Gasteiger partial charge on any atom is 0.223 e.